The van der Waals surface area contributed by atoms with E-state index >= 15 is 0 Å². The minimum Gasteiger partial charge on any atom is -0.494 e. The number of hydrogen-bond donors (Lipinski definition) is 1. The van der Waals surface area contributed by atoms with Crippen LogP contribution in [0, 0.1) is 0 Å². The lowest BCUT2D eigenvalue weighted by Crippen LogP contribution is -2.27. The van der Waals surface area contributed by atoms with Crippen LogP contribution in [0.5, 0.6) is 5.75 Å². The molecule has 1 heterocycles. The Morgan fingerprint density at radius 1 is 1.41 bits per heavy atom. The third kappa shape index (κ3) is 2.42. The molecule has 0 atom stereocenters. The van der Waals surface area contributed by atoms with Crippen molar-refractivity contribution in [1.82, 2.24) is 4.98 Å². The van der Waals surface area contributed by atoms with Gasteiger partial charge in [-0.3, -0.25) is 0 Å². The summed E-state index contributed by atoms with van der Waals surface area (Å²) >= 11 is 1.70. The standard InChI is InChI=1S/C13H18N2OS/c1-4-16-9-5-6-10-11(7-9)17-12(15-10)13(2,3)8-14/h5-7H,4,8,14H2,1-3H3. The van der Waals surface area contributed by atoms with Crippen molar-refractivity contribution in [3.63, 3.8) is 0 Å². The van der Waals surface area contributed by atoms with E-state index in [9.17, 15) is 0 Å². The Labute approximate surface area is 106 Å². The molecule has 0 aliphatic heterocycles. The Hall–Kier alpha value is -1.13. The predicted molar refractivity (Wildman–Crippen MR) is 72.9 cm³/mol. The van der Waals surface area contributed by atoms with E-state index in [1.54, 1.807) is 11.3 Å². The zero-order valence-electron chi connectivity index (χ0n) is 10.5. The number of thiazole rings is 1. The van der Waals surface area contributed by atoms with Crippen molar-refractivity contribution in [3.05, 3.63) is 23.2 Å². The second-order valence-electron chi connectivity index (χ2n) is 4.67. The summed E-state index contributed by atoms with van der Waals surface area (Å²) in [7, 11) is 0. The first kappa shape index (κ1) is 12.3. The molecule has 2 rings (SSSR count). The first-order valence-electron chi connectivity index (χ1n) is 5.81. The summed E-state index contributed by atoms with van der Waals surface area (Å²) in [5.41, 5.74) is 6.74. The molecule has 0 bridgehead atoms. The van der Waals surface area contributed by atoms with Gasteiger partial charge >= 0.3 is 0 Å². The normalized spacial score (nSPS) is 12.0. The van der Waals surface area contributed by atoms with Crippen molar-refractivity contribution >= 4 is 21.6 Å². The van der Waals surface area contributed by atoms with E-state index in [1.807, 2.05) is 25.1 Å². The van der Waals surface area contributed by atoms with Gasteiger partial charge in [-0.2, -0.15) is 0 Å². The van der Waals surface area contributed by atoms with Gasteiger partial charge in [-0.05, 0) is 25.1 Å². The smallest absolute Gasteiger partial charge is 0.120 e. The summed E-state index contributed by atoms with van der Waals surface area (Å²) in [6, 6.07) is 6.02. The minimum atomic E-state index is -0.0601. The molecule has 0 aliphatic carbocycles. The van der Waals surface area contributed by atoms with Gasteiger partial charge in [-0.25, -0.2) is 4.98 Å². The molecule has 0 amide bonds. The van der Waals surface area contributed by atoms with Crippen molar-refractivity contribution in [2.45, 2.75) is 26.2 Å². The molecule has 0 aliphatic rings. The highest BCUT2D eigenvalue weighted by Crippen LogP contribution is 2.32. The van der Waals surface area contributed by atoms with Gasteiger partial charge < -0.3 is 10.5 Å². The van der Waals surface area contributed by atoms with E-state index in [0.717, 1.165) is 21.0 Å². The van der Waals surface area contributed by atoms with Gasteiger partial charge in [0.2, 0.25) is 0 Å². The molecule has 92 valence electrons. The fourth-order valence-corrected chi connectivity index (χ4v) is 2.64. The maximum atomic E-state index is 5.78. The third-order valence-corrected chi connectivity index (χ3v) is 4.14. The summed E-state index contributed by atoms with van der Waals surface area (Å²) in [5, 5.41) is 1.09. The molecule has 1 aromatic carbocycles. The van der Waals surface area contributed by atoms with Crippen LogP contribution in [-0.4, -0.2) is 18.1 Å². The fourth-order valence-electron chi connectivity index (χ4n) is 1.54. The predicted octanol–water partition coefficient (Wildman–Crippen LogP) is 2.93. The molecule has 1 aromatic heterocycles. The average molecular weight is 250 g/mol. The highest BCUT2D eigenvalue weighted by Gasteiger charge is 2.23. The molecule has 0 radical (unpaired) electrons. The number of fused-ring (bicyclic) bond motifs is 1. The second kappa shape index (κ2) is 4.63. The lowest BCUT2D eigenvalue weighted by atomic mass is 9.95. The van der Waals surface area contributed by atoms with Crippen molar-refractivity contribution in [1.29, 1.82) is 0 Å². The Morgan fingerprint density at radius 2 is 2.18 bits per heavy atom. The highest BCUT2D eigenvalue weighted by molar-refractivity contribution is 7.18. The second-order valence-corrected chi connectivity index (χ2v) is 5.70. The van der Waals surface area contributed by atoms with E-state index in [-0.39, 0.29) is 5.41 Å². The largest absolute Gasteiger partial charge is 0.494 e. The van der Waals surface area contributed by atoms with E-state index < -0.39 is 0 Å². The Balaban J connectivity index is 2.43. The maximum Gasteiger partial charge on any atom is 0.120 e. The number of hydrogen-bond acceptors (Lipinski definition) is 4. The molecule has 2 aromatic rings. The van der Waals surface area contributed by atoms with Crippen molar-refractivity contribution in [3.8, 4) is 5.75 Å². The van der Waals surface area contributed by atoms with Gasteiger partial charge in [-0.1, -0.05) is 13.8 Å². The Bertz CT molecular complexity index is 519. The first-order chi connectivity index (χ1) is 8.06. The first-order valence-corrected chi connectivity index (χ1v) is 6.62. The quantitative estimate of drug-likeness (QED) is 0.907. The lowest BCUT2D eigenvalue weighted by Gasteiger charge is -2.18. The van der Waals surface area contributed by atoms with E-state index in [1.165, 1.54) is 0 Å². The van der Waals surface area contributed by atoms with Crippen molar-refractivity contribution in [2.75, 3.05) is 13.2 Å². The SMILES string of the molecule is CCOc1ccc2nc(C(C)(C)CN)sc2c1. The zero-order valence-corrected chi connectivity index (χ0v) is 11.3. The average Bonchev–Trinajstić information content (AvgIpc) is 2.73. The van der Waals surface area contributed by atoms with E-state index in [4.69, 9.17) is 10.5 Å². The zero-order chi connectivity index (χ0) is 12.5. The number of rotatable bonds is 4. The molecule has 17 heavy (non-hydrogen) atoms. The molecule has 0 unspecified atom stereocenters. The van der Waals surface area contributed by atoms with Crippen LogP contribution in [0.25, 0.3) is 10.2 Å². The van der Waals surface area contributed by atoms with Gasteiger partial charge in [0.1, 0.15) is 10.8 Å². The topological polar surface area (TPSA) is 48.1 Å². The highest BCUT2D eigenvalue weighted by atomic mass is 32.1. The molecular formula is C13H18N2OS. The summed E-state index contributed by atoms with van der Waals surface area (Å²) in [4.78, 5) is 4.64. The van der Waals surface area contributed by atoms with Crippen molar-refractivity contribution < 1.29 is 4.74 Å². The molecular weight excluding hydrogens is 232 g/mol. The molecule has 0 saturated heterocycles. The van der Waals surface area contributed by atoms with Crippen LogP contribution in [0.2, 0.25) is 0 Å². The van der Waals surface area contributed by atoms with E-state index in [2.05, 4.69) is 18.8 Å². The molecule has 0 spiro atoms. The van der Waals surface area contributed by atoms with Crippen LogP contribution in [0.15, 0.2) is 18.2 Å². The number of nitrogens with zero attached hydrogens (tertiary/aromatic N) is 1. The number of benzene rings is 1. The van der Waals surface area contributed by atoms with Gasteiger partial charge in [0, 0.05) is 12.0 Å². The fraction of sp³-hybridized carbons (Fsp3) is 0.462. The van der Waals surface area contributed by atoms with Crippen LogP contribution in [0.3, 0.4) is 0 Å². The molecule has 0 fully saturated rings. The summed E-state index contributed by atoms with van der Waals surface area (Å²) in [5.74, 6) is 0.903. The number of ether oxygens (including phenoxy) is 1. The van der Waals surface area contributed by atoms with Crippen LogP contribution < -0.4 is 10.5 Å². The third-order valence-electron chi connectivity index (χ3n) is 2.76. The van der Waals surface area contributed by atoms with Crippen LogP contribution in [0.1, 0.15) is 25.8 Å². The summed E-state index contributed by atoms with van der Waals surface area (Å²) in [6.45, 7) is 7.51. The number of nitrogens with two attached hydrogens (primary N) is 1. The van der Waals surface area contributed by atoms with E-state index in [0.29, 0.717) is 13.2 Å². The Kier molecular flexibility index (Phi) is 3.35. The molecule has 2 N–H and O–H groups in total. The number of aromatic nitrogens is 1. The molecule has 3 nitrogen and oxygen atoms in total. The molecule has 0 saturated carbocycles. The monoisotopic (exact) mass is 250 g/mol. The summed E-state index contributed by atoms with van der Waals surface area (Å²) < 4.78 is 6.65. The Morgan fingerprint density at radius 3 is 2.82 bits per heavy atom. The summed E-state index contributed by atoms with van der Waals surface area (Å²) in [6.07, 6.45) is 0. The van der Waals surface area contributed by atoms with Gasteiger partial charge in [0.25, 0.3) is 0 Å². The maximum absolute atomic E-state index is 5.78. The van der Waals surface area contributed by atoms with Crippen LogP contribution >= 0.6 is 11.3 Å². The lowest BCUT2D eigenvalue weighted by molar-refractivity contribution is 0.341. The van der Waals surface area contributed by atoms with Gasteiger partial charge in [0.15, 0.2) is 0 Å². The van der Waals surface area contributed by atoms with Crippen LogP contribution in [-0.2, 0) is 5.41 Å². The minimum absolute atomic E-state index is 0.0601. The molecule has 4 heteroatoms. The van der Waals surface area contributed by atoms with Crippen LogP contribution in [0.4, 0.5) is 0 Å². The van der Waals surface area contributed by atoms with Gasteiger partial charge in [-0.15, -0.1) is 11.3 Å². The van der Waals surface area contributed by atoms with Gasteiger partial charge in [0.05, 0.1) is 16.8 Å². The van der Waals surface area contributed by atoms with Crippen molar-refractivity contribution in [2.24, 2.45) is 5.73 Å².